The first-order valence-corrected chi connectivity index (χ1v) is 8.42. The second-order valence-corrected chi connectivity index (χ2v) is 7.16. The van der Waals surface area contributed by atoms with Crippen molar-refractivity contribution in [2.45, 2.75) is 17.2 Å². The largest absolute Gasteiger partial charge is 0.508 e. The predicted octanol–water partition coefficient (Wildman–Crippen LogP) is 2.56. The molecule has 122 valence electrons. The van der Waals surface area contributed by atoms with E-state index in [0.29, 0.717) is 5.56 Å². The minimum Gasteiger partial charge on any atom is -0.508 e. The van der Waals surface area contributed by atoms with Crippen LogP contribution >= 0.6 is 0 Å². The van der Waals surface area contributed by atoms with Crippen LogP contribution in [0, 0.1) is 5.82 Å². The number of halogens is 1. The van der Waals surface area contributed by atoms with Gasteiger partial charge in [-0.05, 0) is 35.9 Å². The molecule has 2 aromatic rings. The summed E-state index contributed by atoms with van der Waals surface area (Å²) < 4.78 is 37.9. The van der Waals surface area contributed by atoms with Crippen LogP contribution in [0.2, 0.25) is 0 Å². The first-order chi connectivity index (χ1) is 10.8. The Hall–Kier alpha value is -2.41. The van der Waals surface area contributed by atoms with Crippen molar-refractivity contribution >= 4 is 15.8 Å². The van der Waals surface area contributed by atoms with E-state index in [4.69, 9.17) is 5.11 Å². The number of carboxylic acids is 1. The summed E-state index contributed by atoms with van der Waals surface area (Å²) >= 11 is 0. The Balaban J connectivity index is 2.33. The standard InChI is InChI=1S/C16H15FO5S/c17-13-6-4-11(5-7-13)12(8-16(19)20)10-23(21,22)15-3-1-2-14(18)9-15/h1-7,9,12,18H,8,10H2,(H,19,20). The average molecular weight is 338 g/mol. The number of rotatable bonds is 6. The molecule has 0 amide bonds. The molecular formula is C16H15FO5S. The number of benzene rings is 2. The summed E-state index contributed by atoms with van der Waals surface area (Å²) in [4.78, 5) is 10.9. The maximum absolute atomic E-state index is 13.0. The number of aliphatic carboxylic acids is 1. The molecule has 1 unspecified atom stereocenters. The highest BCUT2D eigenvalue weighted by Gasteiger charge is 2.25. The summed E-state index contributed by atoms with van der Waals surface area (Å²) in [6.07, 6.45) is -0.399. The average Bonchev–Trinajstić information content (AvgIpc) is 2.46. The van der Waals surface area contributed by atoms with E-state index in [2.05, 4.69) is 0 Å². The third-order valence-electron chi connectivity index (χ3n) is 3.36. The minimum absolute atomic E-state index is 0.0880. The van der Waals surface area contributed by atoms with Crippen LogP contribution in [0.15, 0.2) is 53.4 Å². The Kier molecular flexibility index (Phi) is 5.00. The van der Waals surface area contributed by atoms with E-state index in [1.807, 2.05) is 0 Å². The van der Waals surface area contributed by atoms with Gasteiger partial charge in [0, 0.05) is 5.92 Å². The van der Waals surface area contributed by atoms with Gasteiger partial charge in [-0.3, -0.25) is 4.79 Å². The van der Waals surface area contributed by atoms with Gasteiger partial charge in [0.1, 0.15) is 11.6 Å². The molecule has 0 aliphatic rings. The fourth-order valence-corrected chi connectivity index (χ4v) is 3.88. The summed E-state index contributed by atoms with van der Waals surface area (Å²) in [5.74, 6) is -3.10. The fraction of sp³-hybridized carbons (Fsp3) is 0.188. The Morgan fingerprint density at radius 2 is 1.78 bits per heavy atom. The van der Waals surface area contributed by atoms with Crippen molar-refractivity contribution in [3.63, 3.8) is 0 Å². The Morgan fingerprint density at radius 3 is 2.35 bits per heavy atom. The summed E-state index contributed by atoms with van der Waals surface area (Å²) in [7, 11) is -3.80. The Bertz CT molecular complexity index is 799. The zero-order valence-electron chi connectivity index (χ0n) is 12.0. The molecule has 0 spiro atoms. The molecule has 0 fully saturated rings. The van der Waals surface area contributed by atoms with Crippen LogP contribution in [0.3, 0.4) is 0 Å². The van der Waals surface area contributed by atoms with Crippen molar-refractivity contribution in [1.82, 2.24) is 0 Å². The maximum atomic E-state index is 13.0. The highest BCUT2D eigenvalue weighted by molar-refractivity contribution is 7.91. The monoisotopic (exact) mass is 338 g/mol. The molecule has 0 heterocycles. The summed E-state index contributed by atoms with van der Waals surface area (Å²) in [5.41, 5.74) is 0.428. The SMILES string of the molecule is O=C(O)CC(CS(=O)(=O)c1cccc(O)c1)c1ccc(F)cc1. The van der Waals surface area contributed by atoms with E-state index < -0.39 is 39.7 Å². The molecule has 0 aliphatic heterocycles. The molecule has 2 aromatic carbocycles. The highest BCUT2D eigenvalue weighted by Crippen LogP contribution is 2.26. The third kappa shape index (κ3) is 4.53. The zero-order valence-corrected chi connectivity index (χ0v) is 12.8. The lowest BCUT2D eigenvalue weighted by Crippen LogP contribution is -2.18. The molecule has 23 heavy (non-hydrogen) atoms. The van der Waals surface area contributed by atoms with E-state index in [-0.39, 0.29) is 10.6 Å². The molecule has 2 N–H and O–H groups in total. The first kappa shape index (κ1) is 17.0. The van der Waals surface area contributed by atoms with E-state index in [0.717, 1.165) is 18.2 Å². The molecule has 2 rings (SSSR count). The molecule has 0 aromatic heterocycles. The number of aromatic hydroxyl groups is 1. The topological polar surface area (TPSA) is 91.7 Å². The lowest BCUT2D eigenvalue weighted by molar-refractivity contribution is -0.137. The number of phenols is 1. The summed E-state index contributed by atoms with van der Waals surface area (Å²) in [5, 5.41) is 18.4. The van der Waals surface area contributed by atoms with Crippen LogP contribution < -0.4 is 0 Å². The number of hydrogen-bond acceptors (Lipinski definition) is 4. The van der Waals surface area contributed by atoms with Gasteiger partial charge in [-0.2, -0.15) is 0 Å². The summed E-state index contributed by atoms with van der Waals surface area (Å²) in [6, 6.07) is 10.2. The molecular weight excluding hydrogens is 323 g/mol. The van der Waals surface area contributed by atoms with Crippen LogP contribution in [0.5, 0.6) is 5.75 Å². The van der Waals surface area contributed by atoms with Gasteiger partial charge in [-0.25, -0.2) is 12.8 Å². The summed E-state index contributed by atoms with van der Waals surface area (Å²) in [6.45, 7) is 0. The minimum atomic E-state index is -3.80. The van der Waals surface area contributed by atoms with E-state index in [9.17, 15) is 22.7 Å². The Morgan fingerprint density at radius 1 is 1.13 bits per heavy atom. The van der Waals surface area contributed by atoms with Gasteiger partial charge in [-0.1, -0.05) is 18.2 Å². The number of hydrogen-bond donors (Lipinski definition) is 2. The fourth-order valence-electron chi connectivity index (χ4n) is 2.26. The van der Waals surface area contributed by atoms with Crippen molar-refractivity contribution in [2.75, 3.05) is 5.75 Å². The van der Waals surface area contributed by atoms with Gasteiger partial charge >= 0.3 is 5.97 Å². The highest BCUT2D eigenvalue weighted by atomic mass is 32.2. The second-order valence-electron chi connectivity index (χ2n) is 5.13. The van der Waals surface area contributed by atoms with Gasteiger partial charge in [0.2, 0.25) is 0 Å². The smallest absolute Gasteiger partial charge is 0.303 e. The van der Waals surface area contributed by atoms with Gasteiger partial charge in [0.25, 0.3) is 0 Å². The van der Waals surface area contributed by atoms with Crippen LogP contribution in [-0.4, -0.2) is 30.4 Å². The second kappa shape index (κ2) is 6.78. The number of carboxylic acid groups (broad SMARTS) is 1. The van der Waals surface area contributed by atoms with E-state index >= 15 is 0 Å². The quantitative estimate of drug-likeness (QED) is 0.844. The van der Waals surface area contributed by atoms with E-state index in [1.165, 1.54) is 30.3 Å². The number of sulfone groups is 1. The van der Waals surface area contributed by atoms with E-state index in [1.54, 1.807) is 0 Å². The number of phenolic OH excluding ortho intramolecular Hbond substituents is 1. The molecule has 0 radical (unpaired) electrons. The number of carbonyl (C=O) groups is 1. The zero-order chi connectivity index (χ0) is 17.0. The van der Waals surface area contributed by atoms with Crippen LogP contribution in [0.4, 0.5) is 4.39 Å². The van der Waals surface area contributed by atoms with Gasteiger partial charge in [0.15, 0.2) is 9.84 Å². The van der Waals surface area contributed by atoms with Crippen molar-refractivity contribution in [3.05, 3.63) is 59.9 Å². The molecule has 0 bridgehead atoms. The van der Waals surface area contributed by atoms with Gasteiger partial charge in [0.05, 0.1) is 17.1 Å². The van der Waals surface area contributed by atoms with Crippen molar-refractivity contribution in [1.29, 1.82) is 0 Å². The Labute approximate surface area is 132 Å². The van der Waals surface area contributed by atoms with Crippen LogP contribution in [-0.2, 0) is 14.6 Å². The normalized spacial score (nSPS) is 12.7. The van der Waals surface area contributed by atoms with Crippen molar-refractivity contribution in [3.8, 4) is 5.75 Å². The maximum Gasteiger partial charge on any atom is 0.303 e. The van der Waals surface area contributed by atoms with Gasteiger partial charge < -0.3 is 10.2 Å². The first-order valence-electron chi connectivity index (χ1n) is 6.77. The molecule has 0 aliphatic carbocycles. The third-order valence-corrected chi connectivity index (χ3v) is 5.17. The van der Waals surface area contributed by atoms with Crippen LogP contribution in [0.1, 0.15) is 17.9 Å². The molecule has 5 nitrogen and oxygen atoms in total. The molecule has 0 saturated carbocycles. The predicted molar refractivity (Wildman–Crippen MR) is 81.6 cm³/mol. The van der Waals surface area contributed by atoms with Crippen molar-refractivity contribution < 1.29 is 27.8 Å². The van der Waals surface area contributed by atoms with Gasteiger partial charge in [-0.15, -0.1) is 0 Å². The van der Waals surface area contributed by atoms with Crippen LogP contribution in [0.25, 0.3) is 0 Å². The van der Waals surface area contributed by atoms with Crippen molar-refractivity contribution in [2.24, 2.45) is 0 Å². The molecule has 1 atom stereocenters. The molecule has 7 heteroatoms. The molecule has 0 saturated heterocycles. The lowest BCUT2D eigenvalue weighted by atomic mass is 9.98. The lowest BCUT2D eigenvalue weighted by Gasteiger charge is -2.16.